The second-order valence-electron chi connectivity index (χ2n) is 5.98. The Bertz CT molecular complexity index is 863. The van der Waals surface area contributed by atoms with Crippen molar-refractivity contribution in [2.45, 2.75) is 25.8 Å². The molecule has 0 aliphatic heterocycles. The fourth-order valence-corrected chi connectivity index (χ4v) is 3.11. The van der Waals surface area contributed by atoms with Crippen molar-refractivity contribution in [2.75, 3.05) is 13.2 Å². The van der Waals surface area contributed by atoms with E-state index in [4.69, 9.17) is 21.3 Å². The van der Waals surface area contributed by atoms with Crippen LogP contribution in [0.2, 0.25) is 5.02 Å². The van der Waals surface area contributed by atoms with Gasteiger partial charge in [0, 0.05) is 19.5 Å². The number of aromatic nitrogens is 2. The Hall–Kier alpha value is -2.53. The lowest BCUT2D eigenvalue weighted by Crippen LogP contribution is -2.17. The summed E-state index contributed by atoms with van der Waals surface area (Å²) in [4.78, 5) is 15.2. The Labute approximate surface area is 157 Å². The number of nitrogens with one attached hydrogen (secondary N) is 1. The normalized spacial score (nSPS) is 10.8. The van der Waals surface area contributed by atoms with Gasteiger partial charge in [-0.05, 0) is 37.1 Å². The molecular formula is C20H22ClN3O2. The van der Waals surface area contributed by atoms with Crippen LogP contribution in [-0.2, 0) is 17.8 Å². The maximum absolute atomic E-state index is 10.5. The topological polar surface area (TPSA) is 56.2 Å². The van der Waals surface area contributed by atoms with Crippen molar-refractivity contribution in [2.24, 2.45) is 0 Å². The molecule has 5 nitrogen and oxygen atoms in total. The van der Waals surface area contributed by atoms with Gasteiger partial charge in [0.2, 0.25) is 6.41 Å². The molecular weight excluding hydrogens is 350 g/mol. The van der Waals surface area contributed by atoms with Gasteiger partial charge in [0.05, 0.1) is 22.7 Å². The zero-order valence-corrected chi connectivity index (χ0v) is 15.3. The van der Waals surface area contributed by atoms with E-state index in [1.165, 1.54) is 0 Å². The van der Waals surface area contributed by atoms with Gasteiger partial charge < -0.3 is 14.6 Å². The number of carbonyl (C=O) groups excluding carboxylic acids is 1. The summed E-state index contributed by atoms with van der Waals surface area (Å²) in [6.07, 6.45) is 3.32. The molecule has 1 amide bonds. The quantitative estimate of drug-likeness (QED) is 0.435. The van der Waals surface area contributed by atoms with E-state index >= 15 is 0 Å². The predicted molar refractivity (Wildman–Crippen MR) is 104 cm³/mol. The van der Waals surface area contributed by atoms with Gasteiger partial charge in [-0.1, -0.05) is 35.9 Å². The van der Waals surface area contributed by atoms with E-state index < -0.39 is 0 Å². The molecule has 0 saturated carbocycles. The molecule has 3 aromatic rings. The molecule has 0 aliphatic carbocycles. The van der Waals surface area contributed by atoms with E-state index in [0.717, 1.165) is 48.4 Å². The average Bonchev–Trinajstić information content (AvgIpc) is 3.01. The van der Waals surface area contributed by atoms with Crippen LogP contribution in [0.25, 0.3) is 11.0 Å². The van der Waals surface area contributed by atoms with E-state index in [9.17, 15) is 4.79 Å². The van der Waals surface area contributed by atoms with Crippen molar-refractivity contribution in [3.8, 4) is 5.75 Å². The first-order valence-electron chi connectivity index (χ1n) is 8.78. The molecule has 0 fully saturated rings. The number of imidazole rings is 1. The minimum atomic E-state index is 0.586. The molecule has 1 aromatic heterocycles. The first-order chi connectivity index (χ1) is 12.8. The van der Waals surface area contributed by atoms with E-state index in [2.05, 4.69) is 16.0 Å². The molecule has 0 atom stereocenters. The summed E-state index contributed by atoms with van der Waals surface area (Å²) >= 11 is 6.10. The number of ether oxygens (including phenoxy) is 1. The number of para-hydroxylation sites is 3. The third-order valence-electron chi connectivity index (χ3n) is 4.18. The number of hydrogen-bond donors (Lipinski definition) is 1. The number of benzene rings is 2. The zero-order valence-electron chi connectivity index (χ0n) is 14.5. The maximum Gasteiger partial charge on any atom is 0.207 e. The standard InChI is InChI=1S/C20H22ClN3O2/c21-16-7-1-4-10-19(16)26-14-6-5-13-24-18-9-3-2-8-17(18)23-20(24)11-12-22-15-25/h1-4,7-10,15H,5-6,11-14H2,(H,22,25). The van der Waals surface area contributed by atoms with Crippen molar-refractivity contribution < 1.29 is 9.53 Å². The first kappa shape index (κ1) is 18.3. The summed E-state index contributed by atoms with van der Waals surface area (Å²) in [6, 6.07) is 15.6. The van der Waals surface area contributed by atoms with Crippen LogP contribution >= 0.6 is 11.6 Å². The van der Waals surface area contributed by atoms with Crippen LogP contribution < -0.4 is 10.1 Å². The van der Waals surface area contributed by atoms with Crippen LogP contribution in [0, 0.1) is 0 Å². The number of nitrogens with zero attached hydrogens (tertiary/aromatic N) is 2. The third kappa shape index (κ3) is 4.55. The highest BCUT2D eigenvalue weighted by Crippen LogP contribution is 2.23. The number of carbonyl (C=O) groups is 1. The summed E-state index contributed by atoms with van der Waals surface area (Å²) in [5.41, 5.74) is 2.11. The van der Waals surface area contributed by atoms with E-state index in [-0.39, 0.29) is 0 Å². The molecule has 3 rings (SSSR count). The van der Waals surface area contributed by atoms with Crippen molar-refractivity contribution in [3.63, 3.8) is 0 Å². The van der Waals surface area contributed by atoms with Gasteiger partial charge in [-0.25, -0.2) is 4.98 Å². The highest BCUT2D eigenvalue weighted by atomic mass is 35.5. The minimum absolute atomic E-state index is 0.586. The van der Waals surface area contributed by atoms with Crippen LogP contribution in [0.5, 0.6) is 5.75 Å². The van der Waals surface area contributed by atoms with Crippen LogP contribution in [0.3, 0.4) is 0 Å². The lowest BCUT2D eigenvalue weighted by molar-refractivity contribution is -0.109. The molecule has 0 radical (unpaired) electrons. The Morgan fingerprint density at radius 1 is 1.12 bits per heavy atom. The molecule has 136 valence electrons. The maximum atomic E-state index is 10.5. The predicted octanol–water partition coefficient (Wildman–Crippen LogP) is 3.84. The number of hydrogen-bond acceptors (Lipinski definition) is 3. The number of halogens is 1. The molecule has 0 unspecified atom stereocenters. The number of fused-ring (bicyclic) bond motifs is 1. The number of unbranched alkanes of at least 4 members (excludes halogenated alkanes) is 1. The molecule has 0 spiro atoms. The molecule has 0 bridgehead atoms. The smallest absolute Gasteiger partial charge is 0.207 e. The second kappa shape index (κ2) is 9.25. The Balaban J connectivity index is 1.58. The number of rotatable bonds is 10. The van der Waals surface area contributed by atoms with Gasteiger partial charge >= 0.3 is 0 Å². The Morgan fingerprint density at radius 3 is 2.77 bits per heavy atom. The number of amides is 1. The summed E-state index contributed by atoms with van der Waals surface area (Å²) in [5.74, 6) is 1.72. The van der Waals surface area contributed by atoms with Crippen LogP contribution in [0.15, 0.2) is 48.5 Å². The Morgan fingerprint density at radius 2 is 1.92 bits per heavy atom. The van der Waals surface area contributed by atoms with Gasteiger partial charge in [-0.15, -0.1) is 0 Å². The fraction of sp³-hybridized carbons (Fsp3) is 0.300. The van der Waals surface area contributed by atoms with E-state index in [0.29, 0.717) is 24.6 Å². The minimum Gasteiger partial charge on any atom is -0.492 e. The summed E-state index contributed by atoms with van der Waals surface area (Å²) < 4.78 is 7.98. The number of aryl methyl sites for hydroxylation is 1. The largest absolute Gasteiger partial charge is 0.492 e. The van der Waals surface area contributed by atoms with E-state index in [1.807, 2.05) is 42.5 Å². The van der Waals surface area contributed by atoms with Crippen molar-refractivity contribution in [3.05, 3.63) is 59.4 Å². The highest BCUT2D eigenvalue weighted by molar-refractivity contribution is 6.32. The van der Waals surface area contributed by atoms with E-state index in [1.54, 1.807) is 0 Å². The first-order valence-corrected chi connectivity index (χ1v) is 9.16. The molecule has 0 aliphatic rings. The van der Waals surface area contributed by atoms with Gasteiger partial charge in [0.15, 0.2) is 0 Å². The van der Waals surface area contributed by atoms with Crippen molar-refractivity contribution in [1.29, 1.82) is 0 Å². The van der Waals surface area contributed by atoms with Crippen LogP contribution in [0.1, 0.15) is 18.7 Å². The van der Waals surface area contributed by atoms with Gasteiger partial charge in [0.25, 0.3) is 0 Å². The molecule has 6 heteroatoms. The summed E-state index contributed by atoms with van der Waals surface area (Å²) in [6.45, 7) is 2.07. The Kier molecular flexibility index (Phi) is 6.50. The summed E-state index contributed by atoms with van der Waals surface area (Å²) in [5, 5.41) is 3.34. The van der Waals surface area contributed by atoms with Gasteiger partial charge in [-0.3, -0.25) is 4.79 Å². The van der Waals surface area contributed by atoms with Crippen molar-refractivity contribution >= 4 is 29.0 Å². The SMILES string of the molecule is O=CNCCc1nc2ccccc2n1CCCCOc1ccccc1Cl. The summed E-state index contributed by atoms with van der Waals surface area (Å²) in [7, 11) is 0. The van der Waals surface area contributed by atoms with Gasteiger partial charge in [-0.2, -0.15) is 0 Å². The fourth-order valence-electron chi connectivity index (χ4n) is 2.92. The second-order valence-corrected chi connectivity index (χ2v) is 6.38. The molecule has 2 aromatic carbocycles. The lowest BCUT2D eigenvalue weighted by atomic mass is 10.3. The van der Waals surface area contributed by atoms with Crippen LogP contribution in [0.4, 0.5) is 0 Å². The molecule has 1 heterocycles. The monoisotopic (exact) mass is 371 g/mol. The van der Waals surface area contributed by atoms with Crippen LogP contribution in [-0.4, -0.2) is 29.1 Å². The van der Waals surface area contributed by atoms with Crippen molar-refractivity contribution in [1.82, 2.24) is 14.9 Å². The molecule has 26 heavy (non-hydrogen) atoms. The average molecular weight is 372 g/mol. The third-order valence-corrected chi connectivity index (χ3v) is 4.49. The van der Waals surface area contributed by atoms with Gasteiger partial charge in [0.1, 0.15) is 11.6 Å². The molecule has 1 N–H and O–H groups in total. The highest BCUT2D eigenvalue weighted by Gasteiger charge is 2.10. The lowest BCUT2D eigenvalue weighted by Gasteiger charge is -2.10. The zero-order chi connectivity index (χ0) is 18.2. The molecule has 0 saturated heterocycles.